The van der Waals surface area contributed by atoms with Gasteiger partial charge in [0.1, 0.15) is 83.1 Å². The van der Waals surface area contributed by atoms with Crippen LogP contribution in [0.4, 0.5) is 16.3 Å². The Morgan fingerprint density at radius 3 is 2.18 bits per heavy atom. The summed E-state index contributed by atoms with van der Waals surface area (Å²) in [7, 11) is 2.93. The zero-order chi connectivity index (χ0) is 66.5. The first-order valence-corrected chi connectivity index (χ1v) is 34.5. The molecule has 7 N–H and O–H groups in total. The van der Waals surface area contributed by atoms with Gasteiger partial charge in [-0.25, -0.2) is 54.4 Å². The summed E-state index contributed by atoms with van der Waals surface area (Å²) in [5.41, 5.74) is 2.04. The van der Waals surface area contributed by atoms with Gasteiger partial charge in [0.05, 0.1) is 52.8 Å². The third-order valence-corrected chi connectivity index (χ3v) is 21.3. The predicted molar refractivity (Wildman–Crippen MR) is 352 cm³/mol. The molecule has 5 amide bonds. The maximum absolute atomic E-state index is 14.5. The van der Waals surface area contributed by atoms with E-state index in [1.165, 1.54) is 55.2 Å². The monoisotopic (exact) mass is 1390 g/mol. The first-order valence-electron chi connectivity index (χ1n) is 29.3. The van der Waals surface area contributed by atoms with Crippen molar-refractivity contribution >= 4 is 127 Å². The molecule has 1 aliphatic heterocycles. The zero-order valence-corrected chi connectivity index (χ0v) is 55.6. The van der Waals surface area contributed by atoms with Crippen molar-refractivity contribution in [3.05, 3.63) is 135 Å². The molecule has 1 fully saturated rings. The fraction of sp³-hybridized carbons (Fsp3) is 0.323. The van der Waals surface area contributed by atoms with Gasteiger partial charge in [-0.05, 0) is 68.4 Å². The van der Waals surface area contributed by atoms with Crippen LogP contribution < -0.4 is 26.2 Å². The number of carbonyl (C=O) groups excluding carboxylic acids is 6. The van der Waals surface area contributed by atoms with Crippen LogP contribution >= 0.6 is 68.0 Å². The van der Waals surface area contributed by atoms with Crippen molar-refractivity contribution in [3.63, 3.8) is 0 Å². The minimum Gasteiger partial charge on any atom is -0.481 e. The van der Waals surface area contributed by atoms with E-state index in [4.69, 9.17) is 44.4 Å². The van der Waals surface area contributed by atoms with Gasteiger partial charge in [-0.15, -0.1) is 68.0 Å². The number of carboxylic acids is 2. The summed E-state index contributed by atoms with van der Waals surface area (Å²) in [5, 5.41) is 51.3. The van der Waals surface area contributed by atoms with Gasteiger partial charge in [-0.1, -0.05) is 44.2 Å². The number of carbonyl (C=O) groups is 8. The molecule has 10 bridgehead atoms. The topological polar surface area (TPSA) is 370 Å². The van der Waals surface area contributed by atoms with Gasteiger partial charge in [0.25, 0.3) is 11.8 Å². The van der Waals surface area contributed by atoms with Crippen molar-refractivity contribution in [2.75, 3.05) is 25.6 Å². The van der Waals surface area contributed by atoms with Crippen LogP contribution in [0.1, 0.15) is 149 Å². The second-order valence-corrected chi connectivity index (χ2v) is 28.0. The Labute approximate surface area is 560 Å². The minimum absolute atomic E-state index is 0.00744. The summed E-state index contributed by atoms with van der Waals surface area (Å²) in [6.45, 7) is 5.07. The van der Waals surface area contributed by atoms with E-state index in [0.29, 0.717) is 93.7 Å². The number of Topliss-reactive ketones (excluding diaryl/α,β-unsaturated/α-hetero) is 1. The summed E-state index contributed by atoms with van der Waals surface area (Å²) in [6.07, 6.45) is -0.727. The van der Waals surface area contributed by atoms with Crippen LogP contribution in [0, 0.1) is 18.8 Å². The number of aliphatic carboxylic acids is 1. The molecule has 9 heterocycles. The molecule has 2 aliphatic rings. The Kier molecular flexibility index (Phi) is 20.6. The molecule has 94 heavy (non-hydrogen) atoms. The number of methoxy groups -OCH3 is 1. The number of fused-ring (bicyclic) bond motifs is 14. The molecule has 1 aromatic carbocycles. The fourth-order valence-electron chi connectivity index (χ4n) is 10.6. The Morgan fingerprint density at radius 2 is 1.45 bits per heavy atom. The molecule has 26 nitrogen and oxygen atoms in total. The number of ether oxygens (including phenoxy) is 2. The van der Waals surface area contributed by atoms with Crippen LogP contribution in [0.25, 0.3) is 43.4 Å². The van der Waals surface area contributed by atoms with E-state index in [-0.39, 0.29) is 71.1 Å². The van der Waals surface area contributed by atoms with Crippen molar-refractivity contribution in [2.24, 2.45) is 11.8 Å². The number of aromatic nitrogens is 8. The van der Waals surface area contributed by atoms with Gasteiger partial charge in [-0.3, -0.25) is 28.8 Å². The first-order chi connectivity index (χ1) is 45.2. The predicted octanol–water partition coefficient (Wildman–Crippen LogP) is 10.2. The zero-order valence-electron chi connectivity index (χ0n) is 50.7. The summed E-state index contributed by atoms with van der Waals surface area (Å²) < 4.78 is 11.4. The third kappa shape index (κ3) is 14.8. The molecule has 8 aromatic heterocycles. The summed E-state index contributed by atoms with van der Waals surface area (Å²) in [4.78, 5) is 149. The number of aromatic carboxylic acids is 1. The van der Waals surface area contributed by atoms with Crippen LogP contribution in [0.2, 0.25) is 0 Å². The number of benzene rings is 1. The maximum atomic E-state index is 14.5. The smallest absolute Gasteiger partial charge is 0.420 e. The van der Waals surface area contributed by atoms with Crippen LogP contribution in [0.5, 0.6) is 0 Å². The van der Waals surface area contributed by atoms with Crippen LogP contribution in [-0.2, 0) is 30.5 Å². The molecule has 1 saturated carbocycles. The molecule has 0 saturated heterocycles. The SMILES string of the molecule is CNC(=O)C[C@@H]1NC(=O)c2csc(n2)-c2ccc(-c3nc(N(C(=O)OC4CCC(C(=O)O)CC4)c4ccnc(C(=O)O)c4)cs3)nc2-c2csc(n2)-c2csc(n2)[C@H]([C@@H](O)c2ccccc2)NC(=O)CNC(=O)c2nc(sc2COC)C(C(C)C)CC(=O)c2nc1sc2C. The average molecular weight is 1390 g/mol. The van der Waals surface area contributed by atoms with Gasteiger partial charge in [0.2, 0.25) is 11.8 Å². The number of hydrogen-bond acceptors (Lipinski definition) is 25. The number of nitrogens with zero attached hydrogens (tertiary/aromatic N) is 9. The highest BCUT2D eigenvalue weighted by molar-refractivity contribution is 7.15. The fourth-order valence-corrected chi connectivity index (χ4v) is 16.2. The second-order valence-electron chi connectivity index (χ2n) is 22.2. The number of pyridine rings is 2. The molecule has 0 radical (unpaired) electrons. The highest BCUT2D eigenvalue weighted by atomic mass is 32.1. The number of aliphatic hydroxyl groups excluding tert-OH is 1. The Morgan fingerprint density at radius 1 is 0.734 bits per heavy atom. The molecule has 4 atom stereocenters. The number of nitrogens with one attached hydrogen (secondary N) is 4. The number of aliphatic hydroxyl groups is 1. The number of amides is 5. The van der Waals surface area contributed by atoms with E-state index < -0.39 is 84.3 Å². The Bertz CT molecular complexity index is 4340. The number of anilines is 2. The van der Waals surface area contributed by atoms with Crippen LogP contribution in [0.3, 0.4) is 0 Å². The highest BCUT2D eigenvalue weighted by Gasteiger charge is 2.35. The molecule has 1 unspecified atom stereocenters. The lowest BCUT2D eigenvalue weighted by molar-refractivity contribution is -0.143. The molecule has 0 spiro atoms. The Balaban J connectivity index is 0.990. The van der Waals surface area contributed by atoms with Crippen molar-refractivity contribution in [3.8, 4) is 43.4 Å². The highest BCUT2D eigenvalue weighted by Crippen LogP contribution is 2.42. The lowest BCUT2D eigenvalue weighted by atomic mass is 9.87. The summed E-state index contributed by atoms with van der Waals surface area (Å²) >= 11 is 6.99. The molecule has 11 rings (SSSR count). The van der Waals surface area contributed by atoms with Gasteiger partial charge >= 0.3 is 18.0 Å². The molecule has 9 aromatic rings. The van der Waals surface area contributed by atoms with Gasteiger partial charge in [0, 0.05) is 64.7 Å². The Hall–Kier alpha value is -9.02. The molecule has 32 heteroatoms. The number of thiazole rings is 6. The van der Waals surface area contributed by atoms with E-state index in [1.807, 2.05) is 13.8 Å². The van der Waals surface area contributed by atoms with Gasteiger partial charge in [-0.2, -0.15) is 0 Å². The number of ketones is 1. The van der Waals surface area contributed by atoms with Gasteiger partial charge in [0.15, 0.2) is 11.6 Å². The quantitative estimate of drug-likeness (QED) is 0.0564. The molecule has 1 aliphatic carbocycles. The lowest BCUT2D eigenvalue weighted by Gasteiger charge is -2.28. The molecular formula is C62H59N13O13S6. The molecular weight excluding hydrogens is 1330 g/mol. The van der Waals surface area contributed by atoms with E-state index >= 15 is 0 Å². The average Bonchev–Trinajstić information content (AvgIpc) is 1.62. The van der Waals surface area contributed by atoms with E-state index in [1.54, 1.807) is 70.9 Å². The second kappa shape index (κ2) is 29.1. The number of aryl methyl sites for hydroxylation is 1. The van der Waals surface area contributed by atoms with Crippen molar-refractivity contribution in [2.45, 2.75) is 96.1 Å². The summed E-state index contributed by atoms with van der Waals surface area (Å²) in [6, 6.07) is 12.6. The van der Waals surface area contributed by atoms with Crippen molar-refractivity contribution in [1.29, 1.82) is 0 Å². The van der Waals surface area contributed by atoms with Crippen LogP contribution in [0.15, 0.2) is 82.3 Å². The minimum atomic E-state index is -1.34. The van der Waals surface area contributed by atoms with Gasteiger partial charge < -0.3 is 46.1 Å². The van der Waals surface area contributed by atoms with E-state index in [9.17, 15) is 53.7 Å². The normalized spacial score (nSPS) is 18.3. The van der Waals surface area contributed by atoms with E-state index in [2.05, 4.69) is 26.3 Å². The lowest BCUT2D eigenvalue weighted by Crippen LogP contribution is -2.40. The standard InChI is InChI=1S/C62H59N13O13S6/c1-28(2)35-20-42(76)47-29(3)93-58(73-47)37(21-45(77)63-4)67-52(80)40-25-89-54(69-40)34-15-16-36(56-71-44(27-92-56)75(32-17-18-64-38(19-32)61(84)85)62(86)88-33-13-11-31(12-14-33)60(82)83)66-48(34)39-24-90-57(68-39)41-26-91-59(70-41)50(51(79)30-9-7-6-8-10-30)72-46(78)22-65-53(81)49-43(23-87-5)94-55(35)74-49/h6-10,15-19,24-28,31,33,35,37,50-51,79H,11-14,20-23H2,1-5H3,(H,63,77)(H,65,81)(H,67,80)(H,72,78)(H,82,83)(H,84,85)/t31?,33?,35?,37-,50-,51-/m0/s1. The first kappa shape index (κ1) is 66.4. The van der Waals surface area contributed by atoms with Crippen molar-refractivity contribution < 1.29 is 63.1 Å². The van der Waals surface area contributed by atoms with E-state index in [0.717, 1.165) is 50.2 Å². The number of hydrogen-bond donors (Lipinski definition) is 7. The summed E-state index contributed by atoms with van der Waals surface area (Å²) in [5.74, 6) is -6.19. The van der Waals surface area contributed by atoms with Crippen LogP contribution in [-0.4, -0.2) is 129 Å². The largest absolute Gasteiger partial charge is 0.481 e. The number of carboxylic acid groups (broad SMARTS) is 2. The van der Waals surface area contributed by atoms with Crippen molar-refractivity contribution in [1.82, 2.24) is 61.1 Å². The molecule has 486 valence electrons. The maximum Gasteiger partial charge on any atom is 0.420 e. The number of rotatable bonds is 13. The third-order valence-electron chi connectivity index (χ3n) is 15.5.